The number of carbonyl (C=O) groups is 2. The van der Waals surface area contributed by atoms with Gasteiger partial charge in [0, 0.05) is 23.7 Å². The third-order valence-electron chi connectivity index (χ3n) is 4.26. The van der Waals surface area contributed by atoms with E-state index in [1.165, 1.54) is 30.0 Å². The summed E-state index contributed by atoms with van der Waals surface area (Å²) in [5, 5.41) is 8.10. The molecule has 0 aliphatic heterocycles. The van der Waals surface area contributed by atoms with E-state index in [4.69, 9.17) is 11.6 Å². The van der Waals surface area contributed by atoms with Gasteiger partial charge in [-0.1, -0.05) is 49.7 Å². The predicted octanol–water partition coefficient (Wildman–Crippen LogP) is 5.20. The molecule has 2 amide bonds. The fourth-order valence-electron chi connectivity index (χ4n) is 2.63. The van der Waals surface area contributed by atoms with Crippen molar-refractivity contribution in [3.63, 3.8) is 0 Å². The number of nitrogens with zero attached hydrogens (tertiary/aromatic N) is 1. The van der Waals surface area contributed by atoms with Gasteiger partial charge in [-0.3, -0.25) is 9.59 Å². The molecule has 5 nitrogen and oxygen atoms in total. The Hall–Kier alpha value is -2.70. The minimum atomic E-state index is -0.341. The quantitative estimate of drug-likeness (QED) is 0.604. The predicted molar refractivity (Wildman–Crippen MR) is 114 cm³/mol. The van der Waals surface area contributed by atoms with Gasteiger partial charge in [-0.05, 0) is 29.7 Å². The van der Waals surface area contributed by atoms with E-state index in [1.54, 1.807) is 17.5 Å². The van der Waals surface area contributed by atoms with Crippen LogP contribution in [0.3, 0.4) is 0 Å². The maximum atomic E-state index is 12.5. The highest BCUT2D eigenvalue weighted by molar-refractivity contribution is 7.13. The minimum Gasteiger partial charge on any atom is -0.355 e. The van der Waals surface area contributed by atoms with Gasteiger partial charge in [-0.25, -0.2) is 4.98 Å². The molecule has 0 aliphatic carbocycles. The van der Waals surface area contributed by atoms with Gasteiger partial charge in [0.15, 0.2) is 0 Å². The van der Waals surface area contributed by atoms with Crippen LogP contribution in [0.5, 0.6) is 0 Å². The molecule has 0 radical (unpaired) electrons. The molecule has 28 heavy (non-hydrogen) atoms. The highest BCUT2D eigenvalue weighted by Gasteiger charge is 2.15. The molecule has 0 aliphatic rings. The summed E-state index contributed by atoms with van der Waals surface area (Å²) in [5.41, 5.74) is 3.33. The lowest BCUT2D eigenvalue weighted by molar-refractivity contribution is 0.0961. The molecule has 7 heteroatoms. The lowest BCUT2D eigenvalue weighted by atomic mass is 10.0. The molecule has 2 aromatic carbocycles. The topological polar surface area (TPSA) is 71.1 Å². The normalized spacial score (nSPS) is 10.8. The first kappa shape index (κ1) is 20.0. The van der Waals surface area contributed by atoms with E-state index in [0.717, 1.165) is 10.6 Å². The number of carbonyl (C=O) groups excluding carboxylic acids is 2. The van der Waals surface area contributed by atoms with Crippen LogP contribution in [0.2, 0.25) is 5.02 Å². The number of rotatable bonds is 5. The third kappa shape index (κ3) is 4.40. The van der Waals surface area contributed by atoms with Crippen molar-refractivity contribution in [3.8, 4) is 10.6 Å². The number of thiazole rings is 1. The maximum Gasteiger partial charge on any atom is 0.275 e. The van der Waals surface area contributed by atoms with Crippen molar-refractivity contribution in [2.75, 3.05) is 12.4 Å². The molecule has 0 atom stereocenters. The molecular formula is C21H20ClN3O2S. The number of amides is 2. The highest BCUT2D eigenvalue weighted by atomic mass is 35.5. The Morgan fingerprint density at radius 3 is 2.43 bits per heavy atom. The Morgan fingerprint density at radius 1 is 1.07 bits per heavy atom. The minimum absolute atomic E-state index is 0.297. The SMILES string of the molecule is CNC(=O)c1cc(NC(=O)c2csc(-c3ccc(C(C)C)cc3)n2)ccc1Cl. The van der Waals surface area contributed by atoms with Crippen LogP contribution in [-0.4, -0.2) is 23.8 Å². The van der Waals surface area contributed by atoms with Crippen LogP contribution in [0.4, 0.5) is 5.69 Å². The summed E-state index contributed by atoms with van der Waals surface area (Å²) in [6.07, 6.45) is 0. The van der Waals surface area contributed by atoms with Gasteiger partial charge in [0.05, 0.1) is 10.6 Å². The Kier molecular flexibility index (Phi) is 6.11. The molecule has 2 N–H and O–H groups in total. The first-order valence-electron chi connectivity index (χ1n) is 8.78. The average molecular weight is 414 g/mol. The van der Waals surface area contributed by atoms with Crippen molar-refractivity contribution in [3.05, 3.63) is 69.7 Å². The lowest BCUT2D eigenvalue weighted by Gasteiger charge is -2.07. The van der Waals surface area contributed by atoms with Crippen molar-refractivity contribution in [2.24, 2.45) is 0 Å². The fourth-order valence-corrected chi connectivity index (χ4v) is 3.64. The third-order valence-corrected chi connectivity index (χ3v) is 5.48. The molecule has 1 aromatic heterocycles. The molecule has 0 saturated heterocycles. The summed E-state index contributed by atoms with van der Waals surface area (Å²) in [5.74, 6) is -0.195. The Balaban J connectivity index is 1.77. The van der Waals surface area contributed by atoms with E-state index >= 15 is 0 Å². The van der Waals surface area contributed by atoms with Crippen LogP contribution >= 0.6 is 22.9 Å². The summed E-state index contributed by atoms with van der Waals surface area (Å²) in [4.78, 5) is 28.8. The molecule has 0 saturated carbocycles. The van der Waals surface area contributed by atoms with Crippen LogP contribution in [-0.2, 0) is 0 Å². The number of anilines is 1. The molecule has 3 rings (SSSR count). The summed E-state index contributed by atoms with van der Waals surface area (Å²) >= 11 is 7.45. The van der Waals surface area contributed by atoms with Crippen LogP contribution in [0.25, 0.3) is 10.6 Å². The van der Waals surface area contributed by atoms with Gasteiger partial charge < -0.3 is 10.6 Å². The zero-order valence-corrected chi connectivity index (χ0v) is 17.3. The fraction of sp³-hybridized carbons (Fsp3) is 0.190. The second-order valence-corrected chi connectivity index (χ2v) is 7.81. The van der Waals surface area contributed by atoms with E-state index in [-0.39, 0.29) is 11.8 Å². The van der Waals surface area contributed by atoms with E-state index in [9.17, 15) is 9.59 Å². The summed E-state index contributed by atoms with van der Waals surface area (Å²) in [6.45, 7) is 4.29. The smallest absolute Gasteiger partial charge is 0.275 e. The van der Waals surface area contributed by atoms with Crippen LogP contribution < -0.4 is 10.6 Å². The van der Waals surface area contributed by atoms with E-state index in [2.05, 4.69) is 41.6 Å². The zero-order valence-electron chi connectivity index (χ0n) is 15.7. The van der Waals surface area contributed by atoms with Gasteiger partial charge in [-0.2, -0.15) is 0 Å². The van der Waals surface area contributed by atoms with Crippen LogP contribution in [0, 0.1) is 0 Å². The van der Waals surface area contributed by atoms with Crippen molar-refractivity contribution in [2.45, 2.75) is 19.8 Å². The first-order valence-corrected chi connectivity index (χ1v) is 10.0. The molecule has 0 spiro atoms. The summed E-state index contributed by atoms with van der Waals surface area (Å²) in [7, 11) is 1.52. The molecule has 144 valence electrons. The monoisotopic (exact) mass is 413 g/mol. The molecule has 3 aromatic rings. The Labute approximate surface area is 172 Å². The maximum absolute atomic E-state index is 12.5. The lowest BCUT2D eigenvalue weighted by Crippen LogP contribution is -2.19. The number of aromatic nitrogens is 1. The largest absolute Gasteiger partial charge is 0.355 e. The van der Waals surface area contributed by atoms with Gasteiger partial charge in [0.2, 0.25) is 0 Å². The van der Waals surface area contributed by atoms with Crippen molar-refractivity contribution >= 4 is 40.4 Å². The Morgan fingerprint density at radius 2 is 1.79 bits per heavy atom. The number of benzene rings is 2. The van der Waals surface area contributed by atoms with E-state index in [1.807, 2.05) is 12.1 Å². The number of hydrogen-bond acceptors (Lipinski definition) is 4. The number of nitrogens with one attached hydrogen (secondary N) is 2. The molecule has 0 unspecified atom stereocenters. The van der Waals surface area contributed by atoms with Crippen molar-refractivity contribution in [1.82, 2.24) is 10.3 Å². The van der Waals surface area contributed by atoms with Gasteiger partial charge >= 0.3 is 0 Å². The van der Waals surface area contributed by atoms with E-state index in [0.29, 0.717) is 27.9 Å². The first-order chi connectivity index (χ1) is 13.4. The second-order valence-electron chi connectivity index (χ2n) is 6.54. The van der Waals surface area contributed by atoms with Crippen LogP contribution in [0.15, 0.2) is 47.8 Å². The summed E-state index contributed by atoms with van der Waals surface area (Å²) in [6, 6.07) is 13.0. The zero-order chi connectivity index (χ0) is 20.3. The van der Waals surface area contributed by atoms with Crippen molar-refractivity contribution < 1.29 is 9.59 Å². The summed E-state index contributed by atoms with van der Waals surface area (Å²) < 4.78 is 0. The number of hydrogen-bond donors (Lipinski definition) is 2. The Bertz CT molecular complexity index is 1010. The van der Waals surface area contributed by atoms with Gasteiger partial charge in [-0.15, -0.1) is 11.3 Å². The number of halogens is 1. The van der Waals surface area contributed by atoms with Gasteiger partial charge in [0.1, 0.15) is 10.7 Å². The van der Waals surface area contributed by atoms with E-state index < -0.39 is 0 Å². The molecule has 0 fully saturated rings. The highest BCUT2D eigenvalue weighted by Crippen LogP contribution is 2.26. The van der Waals surface area contributed by atoms with Crippen molar-refractivity contribution in [1.29, 1.82) is 0 Å². The second kappa shape index (κ2) is 8.54. The van der Waals surface area contributed by atoms with Crippen LogP contribution in [0.1, 0.15) is 46.2 Å². The average Bonchev–Trinajstić information content (AvgIpc) is 3.19. The molecular weight excluding hydrogens is 394 g/mol. The molecule has 0 bridgehead atoms. The standard InChI is InChI=1S/C21H20ClN3O2S/c1-12(2)13-4-6-14(7-5-13)21-25-18(11-28-21)20(27)24-15-8-9-17(22)16(10-15)19(26)23-3/h4-12H,1-3H3,(H,23,26)(H,24,27). The molecule has 1 heterocycles. The van der Waals surface area contributed by atoms with Gasteiger partial charge in [0.25, 0.3) is 11.8 Å².